The number of anilines is 1. The summed E-state index contributed by atoms with van der Waals surface area (Å²) in [5.41, 5.74) is 2.50. The Balaban J connectivity index is 1.69. The third-order valence-corrected chi connectivity index (χ3v) is 3.46. The van der Waals surface area contributed by atoms with Crippen LogP contribution in [0.25, 0.3) is 10.9 Å². The van der Waals surface area contributed by atoms with Gasteiger partial charge in [-0.2, -0.15) is 0 Å². The number of hydrogen-bond acceptors (Lipinski definition) is 3. The van der Waals surface area contributed by atoms with Gasteiger partial charge in [-0.1, -0.05) is 30.4 Å². The molecule has 0 bridgehead atoms. The Morgan fingerprint density at radius 2 is 2.15 bits per heavy atom. The van der Waals surface area contributed by atoms with Gasteiger partial charge >= 0.3 is 0 Å². The molecule has 0 unspecified atom stereocenters. The van der Waals surface area contributed by atoms with E-state index in [0.717, 1.165) is 24.6 Å². The molecule has 0 aliphatic carbocycles. The molecule has 2 heterocycles. The summed E-state index contributed by atoms with van der Waals surface area (Å²) >= 11 is 5.10. The number of hydrogen-bond donors (Lipinski definition) is 3. The summed E-state index contributed by atoms with van der Waals surface area (Å²) in [6.45, 7) is 2.75. The van der Waals surface area contributed by atoms with Gasteiger partial charge in [0.15, 0.2) is 0 Å². The summed E-state index contributed by atoms with van der Waals surface area (Å²) in [5, 5.41) is 4.64. The molecule has 1 aromatic carbocycles. The van der Waals surface area contributed by atoms with Gasteiger partial charge in [0.05, 0.1) is 0 Å². The lowest BCUT2D eigenvalue weighted by Crippen LogP contribution is -2.07. The Morgan fingerprint density at radius 1 is 1.30 bits per heavy atom. The third kappa shape index (κ3) is 2.72. The Bertz CT molecular complexity index is 788. The van der Waals surface area contributed by atoms with E-state index in [1.54, 1.807) is 0 Å². The van der Waals surface area contributed by atoms with Crippen molar-refractivity contribution in [1.29, 1.82) is 0 Å². The molecule has 3 aromatic rings. The second kappa shape index (κ2) is 5.46. The zero-order valence-electron chi connectivity index (χ0n) is 11.2. The molecule has 0 amide bonds. The highest BCUT2D eigenvalue weighted by molar-refractivity contribution is 7.71. The van der Waals surface area contributed by atoms with Gasteiger partial charge in [-0.25, -0.2) is 4.98 Å². The van der Waals surface area contributed by atoms with Crippen LogP contribution >= 0.6 is 12.2 Å². The van der Waals surface area contributed by atoms with Crippen molar-refractivity contribution in [3.8, 4) is 0 Å². The highest BCUT2D eigenvalue weighted by Crippen LogP contribution is 2.18. The predicted molar refractivity (Wildman–Crippen MR) is 84.7 cm³/mol. The first-order valence-corrected chi connectivity index (χ1v) is 7.00. The van der Waals surface area contributed by atoms with E-state index in [1.807, 2.05) is 19.1 Å². The van der Waals surface area contributed by atoms with Crippen LogP contribution in [-0.4, -0.2) is 21.5 Å². The summed E-state index contributed by atoms with van der Waals surface area (Å²) in [6.07, 6.45) is 3.03. The Hall–Kier alpha value is -2.14. The number of nitrogens with zero attached hydrogens (tertiary/aromatic N) is 1. The summed E-state index contributed by atoms with van der Waals surface area (Å²) < 4.78 is 0.607. The van der Waals surface area contributed by atoms with Crippen LogP contribution in [0, 0.1) is 11.6 Å². The summed E-state index contributed by atoms with van der Waals surface area (Å²) in [6, 6.07) is 10.2. The molecule has 0 saturated heterocycles. The molecular formula is C15H16N4S. The first-order chi connectivity index (χ1) is 9.72. The zero-order valence-corrected chi connectivity index (χ0v) is 12.1. The van der Waals surface area contributed by atoms with Crippen molar-refractivity contribution in [3.63, 3.8) is 0 Å². The van der Waals surface area contributed by atoms with E-state index in [4.69, 9.17) is 12.2 Å². The molecule has 3 N–H and O–H groups in total. The molecule has 2 aromatic heterocycles. The minimum atomic E-state index is 0.607. The van der Waals surface area contributed by atoms with Crippen LogP contribution in [0.1, 0.15) is 11.4 Å². The second-order valence-corrected chi connectivity index (χ2v) is 5.17. The van der Waals surface area contributed by atoms with Crippen molar-refractivity contribution in [1.82, 2.24) is 15.0 Å². The second-order valence-electron chi connectivity index (χ2n) is 4.75. The van der Waals surface area contributed by atoms with Crippen LogP contribution < -0.4 is 5.32 Å². The number of aromatic amines is 2. The van der Waals surface area contributed by atoms with E-state index < -0.39 is 0 Å². The lowest BCUT2D eigenvalue weighted by molar-refractivity contribution is 0.982. The third-order valence-electron chi connectivity index (χ3n) is 3.25. The number of nitrogens with one attached hydrogen (secondary N) is 3. The molecule has 5 heteroatoms. The van der Waals surface area contributed by atoms with Gasteiger partial charge in [-0.3, -0.25) is 0 Å². The van der Waals surface area contributed by atoms with Gasteiger partial charge in [-0.15, -0.1) is 0 Å². The standard InChI is InChI=1S/C15H16N4S/c1-10-18-14(8-15(20)19-10)16-7-6-11-9-17-13-5-3-2-4-12(11)13/h2-5,8-9,17H,6-7H2,1H3,(H2,16,18,19,20). The summed E-state index contributed by atoms with van der Waals surface area (Å²) in [5.74, 6) is 1.74. The fourth-order valence-corrected chi connectivity index (χ4v) is 2.60. The number of para-hydroxylation sites is 1. The van der Waals surface area contributed by atoms with E-state index in [0.29, 0.717) is 4.64 Å². The fourth-order valence-electron chi connectivity index (χ4n) is 2.35. The summed E-state index contributed by atoms with van der Waals surface area (Å²) in [7, 11) is 0. The SMILES string of the molecule is Cc1nc(=S)cc(NCCc2c[nH]c3ccccc23)[nH]1. The van der Waals surface area contributed by atoms with E-state index in [-0.39, 0.29) is 0 Å². The van der Waals surface area contributed by atoms with Crippen LogP contribution in [0.3, 0.4) is 0 Å². The van der Waals surface area contributed by atoms with Crippen molar-refractivity contribution >= 4 is 28.9 Å². The van der Waals surface area contributed by atoms with Crippen LogP contribution in [0.4, 0.5) is 5.82 Å². The first kappa shape index (κ1) is 12.9. The number of aryl methyl sites for hydroxylation is 1. The van der Waals surface area contributed by atoms with Crippen molar-refractivity contribution in [2.24, 2.45) is 0 Å². The van der Waals surface area contributed by atoms with Crippen LogP contribution in [0.2, 0.25) is 0 Å². The molecule has 0 radical (unpaired) electrons. The quantitative estimate of drug-likeness (QED) is 0.642. The van der Waals surface area contributed by atoms with Crippen molar-refractivity contribution in [3.05, 3.63) is 52.6 Å². The van der Waals surface area contributed by atoms with Gasteiger partial charge in [0.25, 0.3) is 0 Å². The lowest BCUT2D eigenvalue weighted by atomic mass is 10.1. The van der Waals surface area contributed by atoms with E-state index >= 15 is 0 Å². The van der Waals surface area contributed by atoms with E-state index in [9.17, 15) is 0 Å². The molecule has 0 spiro atoms. The van der Waals surface area contributed by atoms with Gasteiger partial charge in [0, 0.05) is 29.7 Å². The minimum absolute atomic E-state index is 0.607. The van der Waals surface area contributed by atoms with Crippen LogP contribution in [0.5, 0.6) is 0 Å². The van der Waals surface area contributed by atoms with Gasteiger partial charge in [0.2, 0.25) is 0 Å². The van der Waals surface area contributed by atoms with Crippen molar-refractivity contribution in [2.45, 2.75) is 13.3 Å². The molecule has 0 aliphatic heterocycles. The smallest absolute Gasteiger partial charge is 0.131 e. The number of aromatic nitrogens is 3. The minimum Gasteiger partial charge on any atom is -0.371 e. The number of H-pyrrole nitrogens is 2. The fraction of sp³-hybridized carbons (Fsp3) is 0.200. The largest absolute Gasteiger partial charge is 0.371 e. The maximum absolute atomic E-state index is 5.10. The monoisotopic (exact) mass is 284 g/mol. The summed E-state index contributed by atoms with van der Waals surface area (Å²) in [4.78, 5) is 10.6. The average molecular weight is 284 g/mol. The van der Waals surface area contributed by atoms with Gasteiger partial charge < -0.3 is 15.3 Å². The lowest BCUT2D eigenvalue weighted by Gasteiger charge is -2.06. The highest BCUT2D eigenvalue weighted by Gasteiger charge is 2.02. The Morgan fingerprint density at radius 3 is 3.00 bits per heavy atom. The number of fused-ring (bicyclic) bond motifs is 1. The molecule has 0 atom stereocenters. The van der Waals surface area contributed by atoms with Gasteiger partial charge in [-0.05, 0) is 25.0 Å². The first-order valence-electron chi connectivity index (χ1n) is 6.59. The molecule has 102 valence electrons. The molecule has 20 heavy (non-hydrogen) atoms. The maximum atomic E-state index is 5.10. The van der Waals surface area contributed by atoms with Crippen molar-refractivity contribution < 1.29 is 0 Å². The molecule has 4 nitrogen and oxygen atoms in total. The molecule has 0 saturated carbocycles. The zero-order chi connectivity index (χ0) is 13.9. The number of rotatable bonds is 4. The maximum Gasteiger partial charge on any atom is 0.131 e. The van der Waals surface area contributed by atoms with Crippen molar-refractivity contribution in [2.75, 3.05) is 11.9 Å². The van der Waals surface area contributed by atoms with E-state index in [2.05, 4.69) is 44.7 Å². The number of benzene rings is 1. The Kier molecular flexibility index (Phi) is 3.52. The van der Waals surface area contributed by atoms with Crippen LogP contribution in [0.15, 0.2) is 36.5 Å². The molecular weight excluding hydrogens is 268 g/mol. The van der Waals surface area contributed by atoms with E-state index in [1.165, 1.54) is 16.5 Å². The average Bonchev–Trinajstić information content (AvgIpc) is 2.81. The molecule has 3 rings (SSSR count). The topological polar surface area (TPSA) is 56.5 Å². The normalized spacial score (nSPS) is 10.8. The Labute approximate surface area is 122 Å². The molecule has 0 aliphatic rings. The van der Waals surface area contributed by atoms with Crippen LogP contribution in [-0.2, 0) is 6.42 Å². The highest BCUT2D eigenvalue weighted by atomic mass is 32.1. The molecule has 0 fully saturated rings. The van der Waals surface area contributed by atoms with Gasteiger partial charge in [0.1, 0.15) is 16.3 Å². The predicted octanol–water partition coefficient (Wildman–Crippen LogP) is 3.58.